The summed E-state index contributed by atoms with van der Waals surface area (Å²) in [7, 11) is 0. The lowest BCUT2D eigenvalue weighted by molar-refractivity contribution is 0.669. The van der Waals surface area contributed by atoms with E-state index in [2.05, 4.69) is 211 Å². The molecule has 0 saturated carbocycles. The second-order valence-corrected chi connectivity index (χ2v) is 13.7. The molecule has 0 N–H and O–H groups in total. The highest BCUT2D eigenvalue weighted by Gasteiger charge is 2.24. The van der Waals surface area contributed by atoms with Crippen molar-refractivity contribution in [2.45, 2.75) is 0 Å². The molecule has 54 heavy (non-hydrogen) atoms. The van der Waals surface area contributed by atoms with Crippen molar-refractivity contribution in [1.82, 2.24) is 0 Å². The summed E-state index contributed by atoms with van der Waals surface area (Å²) in [6, 6.07) is 75.8. The lowest BCUT2D eigenvalue weighted by Gasteiger charge is -2.28. The largest absolute Gasteiger partial charge is 0.454 e. The Labute approximate surface area is 314 Å². The predicted octanol–water partition coefficient (Wildman–Crippen LogP) is 14.9. The van der Waals surface area contributed by atoms with Gasteiger partial charge in [0, 0.05) is 27.7 Å². The lowest BCUT2D eigenvalue weighted by atomic mass is 9.95. The summed E-state index contributed by atoms with van der Waals surface area (Å²) in [5.41, 5.74) is 14.1. The van der Waals surface area contributed by atoms with Crippen LogP contribution in [0.5, 0.6) is 0 Å². The van der Waals surface area contributed by atoms with Crippen LogP contribution < -0.4 is 4.90 Å². The SMILES string of the molecule is c1ccc(-c2ccc(N(c3ccc(-c4cccc5ccccc45)cc3)c3c(-c4cccc(-c5ccccc5)c4)ccc4c3oc3ccccc34)cc2)cc1. The smallest absolute Gasteiger partial charge is 0.160 e. The van der Waals surface area contributed by atoms with Crippen LogP contribution in [0.2, 0.25) is 0 Å². The molecule has 2 nitrogen and oxygen atoms in total. The van der Waals surface area contributed by atoms with Crippen molar-refractivity contribution >= 4 is 49.8 Å². The summed E-state index contributed by atoms with van der Waals surface area (Å²) in [6.07, 6.45) is 0. The second kappa shape index (κ2) is 13.4. The summed E-state index contributed by atoms with van der Waals surface area (Å²) in [5.74, 6) is 0. The number of benzene rings is 9. The number of rotatable bonds is 7. The van der Waals surface area contributed by atoms with Gasteiger partial charge in [0.05, 0.1) is 5.69 Å². The molecule has 0 fully saturated rings. The second-order valence-electron chi connectivity index (χ2n) is 13.7. The molecule has 0 radical (unpaired) electrons. The molecule has 1 heterocycles. The molecule has 0 atom stereocenters. The summed E-state index contributed by atoms with van der Waals surface area (Å²) in [4.78, 5) is 2.37. The van der Waals surface area contributed by atoms with E-state index in [1.54, 1.807) is 0 Å². The van der Waals surface area contributed by atoms with Crippen molar-refractivity contribution in [1.29, 1.82) is 0 Å². The molecule has 0 spiro atoms. The van der Waals surface area contributed by atoms with E-state index in [9.17, 15) is 0 Å². The Morgan fingerprint density at radius 3 is 1.59 bits per heavy atom. The monoisotopic (exact) mass is 689 g/mol. The molecule has 0 aliphatic carbocycles. The van der Waals surface area contributed by atoms with E-state index >= 15 is 0 Å². The predicted molar refractivity (Wildman–Crippen MR) is 228 cm³/mol. The van der Waals surface area contributed by atoms with Gasteiger partial charge in [-0.2, -0.15) is 0 Å². The standard InChI is InChI=1S/C52H35NO/c1-3-13-36(14-4-1)38-25-29-43(30-26-38)53(44-31-27-40(28-32-44)46-23-12-18-39-17-7-8-21-45(39)46)51-47(33-34-49-48-22-9-10-24-50(48)54-52(49)51)42-20-11-19-41(35-42)37-15-5-2-6-16-37/h1-35H. The highest BCUT2D eigenvalue weighted by Crippen LogP contribution is 2.48. The number of nitrogens with zero attached hydrogens (tertiary/aromatic N) is 1. The van der Waals surface area contributed by atoms with E-state index in [4.69, 9.17) is 4.42 Å². The van der Waals surface area contributed by atoms with Gasteiger partial charge in [0.2, 0.25) is 0 Å². The average Bonchev–Trinajstić information content (AvgIpc) is 3.64. The first kappa shape index (κ1) is 31.6. The Balaban J connectivity index is 1.21. The number of hydrogen-bond donors (Lipinski definition) is 0. The van der Waals surface area contributed by atoms with Gasteiger partial charge in [0.15, 0.2) is 5.58 Å². The third kappa shape index (κ3) is 5.62. The van der Waals surface area contributed by atoms with Gasteiger partial charge in [-0.15, -0.1) is 0 Å². The minimum Gasteiger partial charge on any atom is -0.454 e. The van der Waals surface area contributed by atoms with Gasteiger partial charge in [-0.25, -0.2) is 0 Å². The maximum Gasteiger partial charge on any atom is 0.160 e. The van der Waals surface area contributed by atoms with Crippen molar-refractivity contribution in [3.8, 4) is 44.5 Å². The van der Waals surface area contributed by atoms with E-state index in [1.807, 2.05) is 6.07 Å². The molecular weight excluding hydrogens is 655 g/mol. The fraction of sp³-hybridized carbons (Fsp3) is 0. The summed E-state index contributed by atoms with van der Waals surface area (Å²) in [6.45, 7) is 0. The Kier molecular flexibility index (Phi) is 7.85. The zero-order valence-electron chi connectivity index (χ0n) is 29.6. The van der Waals surface area contributed by atoms with Gasteiger partial charge in [0.25, 0.3) is 0 Å². The molecule has 0 saturated heterocycles. The summed E-state index contributed by atoms with van der Waals surface area (Å²) in [5, 5.41) is 4.66. The highest BCUT2D eigenvalue weighted by molar-refractivity contribution is 6.14. The van der Waals surface area contributed by atoms with Crippen LogP contribution in [-0.2, 0) is 0 Å². The molecule has 0 aliphatic rings. The number of anilines is 3. The first-order chi connectivity index (χ1) is 26.8. The zero-order valence-corrected chi connectivity index (χ0v) is 29.6. The van der Waals surface area contributed by atoms with E-state index in [0.717, 1.165) is 50.1 Å². The van der Waals surface area contributed by atoms with Gasteiger partial charge in [-0.3, -0.25) is 0 Å². The molecule has 0 unspecified atom stereocenters. The van der Waals surface area contributed by atoms with Crippen molar-refractivity contribution in [2.75, 3.05) is 4.90 Å². The van der Waals surface area contributed by atoms with Crippen LogP contribution in [0, 0.1) is 0 Å². The van der Waals surface area contributed by atoms with Crippen molar-refractivity contribution in [3.05, 3.63) is 212 Å². The molecule has 1 aromatic heterocycles. The maximum atomic E-state index is 6.88. The quantitative estimate of drug-likeness (QED) is 0.166. The Bertz CT molecular complexity index is 2900. The molecule has 9 aromatic carbocycles. The van der Waals surface area contributed by atoms with Gasteiger partial charge >= 0.3 is 0 Å². The van der Waals surface area contributed by atoms with E-state index in [0.29, 0.717) is 0 Å². The van der Waals surface area contributed by atoms with Crippen molar-refractivity contribution in [3.63, 3.8) is 0 Å². The van der Waals surface area contributed by atoms with Gasteiger partial charge in [0.1, 0.15) is 5.58 Å². The zero-order chi connectivity index (χ0) is 35.8. The Hall–Kier alpha value is -7.16. The first-order valence-electron chi connectivity index (χ1n) is 18.4. The summed E-state index contributed by atoms with van der Waals surface area (Å²) >= 11 is 0. The average molecular weight is 690 g/mol. The first-order valence-corrected chi connectivity index (χ1v) is 18.4. The third-order valence-electron chi connectivity index (χ3n) is 10.5. The number of fused-ring (bicyclic) bond motifs is 4. The van der Waals surface area contributed by atoms with Crippen LogP contribution in [0.3, 0.4) is 0 Å². The molecule has 0 bridgehead atoms. The van der Waals surface area contributed by atoms with Crippen LogP contribution in [0.15, 0.2) is 217 Å². The molecule has 0 amide bonds. The number of para-hydroxylation sites is 1. The van der Waals surface area contributed by atoms with Gasteiger partial charge < -0.3 is 9.32 Å². The van der Waals surface area contributed by atoms with Crippen molar-refractivity contribution < 1.29 is 4.42 Å². The van der Waals surface area contributed by atoms with Crippen LogP contribution in [0.4, 0.5) is 17.1 Å². The van der Waals surface area contributed by atoms with Crippen molar-refractivity contribution in [2.24, 2.45) is 0 Å². The van der Waals surface area contributed by atoms with E-state index < -0.39 is 0 Å². The Morgan fingerprint density at radius 2 is 0.852 bits per heavy atom. The number of hydrogen-bond acceptors (Lipinski definition) is 2. The molecule has 0 aliphatic heterocycles. The minimum atomic E-state index is 0.851. The van der Waals surface area contributed by atoms with Gasteiger partial charge in [-0.05, 0) is 92.2 Å². The van der Waals surface area contributed by atoms with Gasteiger partial charge in [-0.1, -0.05) is 170 Å². The lowest BCUT2D eigenvalue weighted by Crippen LogP contribution is -2.11. The Morgan fingerprint density at radius 1 is 0.315 bits per heavy atom. The third-order valence-corrected chi connectivity index (χ3v) is 10.5. The van der Waals surface area contributed by atoms with Crippen LogP contribution in [0.25, 0.3) is 77.2 Å². The molecule has 10 aromatic rings. The normalized spacial score (nSPS) is 11.3. The van der Waals surface area contributed by atoms with E-state index in [1.165, 1.54) is 44.2 Å². The van der Waals surface area contributed by atoms with E-state index in [-0.39, 0.29) is 0 Å². The maximum absolute atomic E-state index is 6.88. The molecule has 10 rings (SSSR count). The molecular formula is C52H35NO. The topological polar surface area (TPSA) is 16.4 Å². The molecule has 2 heteroatoms. The highest BCUT2D eigenvalue weighted by atomic mass is 16.3. The minimum absolute atomic E-state index is 0.851. The van der Waals surface area contributed by atoms with Crippen LogP contribution >= 0.6 is 0 Å². The molecule has 254 valence electrons. The fourth-order valence-corrected chi connectivity index (χ4v) is 7.83. The summed E-state index contributed by atoms with van der Waals surface area (Å²) < 4.78 is 6.88. The fourth-order valence-electron chi connectivity index (χ4n) is 7.83. The van der Waals surface area contributed by atoms with Crippen LogP contribution in [-0.4, -0.2) is 0 Å². The van der Waals surface area contributed by atoms with Crippen LogP contribution in [0.1, 0.15) is 0 Å². The number of furan rings is 1.